The zero-order chi connectivity index (χ0) is 13.5. The van der Waals surface area contributed by atoms with Gasteiger partial charge in [-0.1, -0.05) is 27.2 Å². The van der Waals surface area contributed by atoms with Crippen LogP contribution in [0.25, 0.3) is 0 Å². The first-order chi connectivity index (χ1) is 8.54. The number of nitrogens with one attached hydrogen (secondary N) is 1. The molecule has 1 saturated heterocycles. The SMILES string of the molecule is CCCC(CNCC(C)C)N1CC(C)OCC1C. The third kappa shape index (κ3) is 5.25. The molecule has 1 fully saturated rings. The zero-order valence-electron chi connectivity index (χ0n) is 12.9. The Bertz CT molecular complexity index is 221. The van der Waals surface area contributed by atoms with Gasteiger partial charge in [-0.25, -0.2) is 0 Å². The van der Waals surface area contributed by atoms with E-state index in [1.54, 1.807) is 0 Å². The maximum absolute atomic E-state index is 5.73. The second kappa shape index (κ2) is 8.13. The summed E-state index contributed by atoms with van der Waals surface area (Å²) in [5.41, 5.74) is 0. The molecule has 1 N–H and O–H groups in total. The minimum absolute atomic E-state index is 0.380. The van der Waals surface area contributed by atoms with Crippen LogP contribution >= 0.6 is 0 Å². The van der Waals surface area contributed by atoms with Gasteiger partial charge in [0.1, 0.15) is 0 Å². The van der Waals surface area contributed by atoms with Gasteiger partial charge in [0.25, 0.3) is 0 Å². The quantitative estimate of drug-likeness (QED) is 0.757. The molecule has 3 atom stereocenters. The Morgan fingerprint density at radius 2 is 2.00 bits per heavy atom. The summed E-state index contributed by atoms with van der Waals surface area (Å²) in [4.78, 5) is 2.64. The monoisotopic (exact) mass is 256 g/mol. The van der Waals surface area contributed by atoms with Crippen molar-refractivity contribution in [3.63, 3.8) is 0 Å². The fourth-order valence-electron chi connectivity index (χ4n) is 2.69. The standard InChI is InChI=1S/C15H32N2O/c1-6-7-15(9-16-8-12(2)3)17-10-14(5)18-11-13(17)4/h12-16H,6-11H2,1-5H3. The second-order valence-corrected chi connectivity index (χ2v) is 6.18. The summed E-state index contributed by atoms with van der Waals surface area (Å²) in [5.74, 6) is 0.730. The number of ether oxygens (including phenoxy) is 1. The van der Waals surface area contributed by atoms with Crippen LogP contribution in [0.4, 0.5) is 0 Å². The van der Waals surface area contributed by atoms with E-state index in [2.05, 4.69) is 44.8 Å². The highest BCUT2D eigenvalue weighted by molar-refractivity contribution is 4.83. The van der Waals surface area contributed by atoms with Gasteiger partial charge in [0.15, 0.2) is 0 Å². The number of hydrogen-bond donors (Lipinski definition) is 1. The van der Waals surface area contributed by atoms with Crippen molar-refractivity contribution in [2.24, 2.45) is 5.92 Å². The minimum atomic E-state index is 0.380. The molecular weight excluding hydrogens is 224 g/mol. The van der Waals surface area contributed by atoms with Gasteiger partial charge < -0.3 is 10.1 Å². The van der Waals surface area contributed by atoms with E-state index in [0.717, 1.165) is 32.2 Å². The van der Waals surface area contributed by atoms with E-state index >= 15 is 0 Å². The molecule has 1 aliphatic rings. The summed E-state index contributed by atoms with van der Waals surface area (Å²) >= 11 is 0. The van der Waals surface area contributed by atoms with E-state index in [0.29, 0.717) is 18.2 Å². The molecule has 1 heterocycles. The third-order valence-electron chi connectivity index (χ3n) is 3.68. The van der Waals surface area contributed by atoms with Crippen LogP contribution in [0, 0.1) is 5.92 Å². The van der Waals surface area contributed by atoms with Crippen molar-refractivity contribution >= 4 is 0 Å². The maximum Gasteiger partial charge on any atom is 0.0674 e. The first kappa shape index (κ1) is 15.9. The Morgan fingerprint density at radius 1 is 1.28 bits per heavy atom. The molecule has 0 saturated carbocycles. The topological polar surface area (TPSA) is 24.5 Å². The van der Waals surface area contributed by atoms with Crippen LogP contribution in [-0.2, 0) is 4.74 Å². The Balaban J connectivity index is 2.47. The van der Waals surface area contributed by atoms with E-state index in [4.69, 9.17) is 4.74 Å². The largest absolute Gasteiger partial charge is 0.376 e. The summed E-state index contributed by atoms with van der Waals surface area (Å²) in [6.45, 7) is 15.5. The minimum Gasteiger partial charge on any atom is -0.376 e. The van der Waals surface area contributed by atoms with Crippen LogP contribution < -0.4 is 5.32 Å². The molecular formula is C15H32N2O. The van der Waals surface area contributed by atoms with Crippen LogP contribution in [0.3, 0.4) is 0 Å². The molecule has 1 rings (SSSR count). The highest BCUT2D eigenvalue weighted by Crippen LogP contribution is 2.17. The lowest BCUT2D eigenvalue weighted by molar-refractivity contribution is -0.0669. The molecule has 0 aliphatic carbocycles. The van der Waals surface area contributed by atoms with Gasteiger partial charge >= 0.3 is 0 Å². The smallest absolute Gasteiger partial charge is 0.0674 e. The third-order valence-corrected chi connectivity index (χ3v) is 3.68. The number of rotatable bonds is 7. The average Bonchev–Trinajstić information content (AvgIpc) is 2.31. The Kier molecular flexibility index (Phi) is 7.20. The molecule has 0 radical (unpaired) electrons. The van der Waals surface area contributed by atoms with Crippen LogP contribution in [0.15, 0.2) is 0 Å². The lowest BCUT2D eigenvalue weighted by atomic mass is 10.1. The fraction of sp³-hybridized carbons (Fsp3) is 1.00. The van der Waals surface area contributed by atoms with Crippen LogP contribution in [0.1, 0.15) is 47.5 Å². The summed E-state index contributed by atoms with van der Waals surface area (Å²) in [5, 5.41) is 3.62. The predicted molar refractivity (Wildman–Crippen MR) is 78.0 cm³/mol. The summed E-state index contributed by atoms with van der Waals surface area (Å²) < 4.78 is 5.73. The molecule has 0 spiro atoms. The van der Waals surface area contributed by atoms with Crippen molar-refractivity contribution in [2.45, 2.75) is 65.6 Å². The van der Waals surface area contributed by atoms with Gasteiger partial charge in [0.05, 0.1) is 12.7 Å². The van der Waals surface area contributed by atoms with E-state index < -0.39 is 0 Å². The van der Waals surface area contributed by atoms with Crippen LogP contribution in [-0.4, -0.2) is 49.3 Å². The first-order valence-electron chi connectivity index (χ1n) is 7.62. The lowest BCUT2D eigenvalue weighted by Crippen LogP contribution is -2.54. The summed E-state index contributed by atoms with van der Waals surface area (Å²) in [6, 6.07) is 1.22. The van der Waals surface area contributed by atoms with Crippen LogP contribution in [0.5, 0.6) is 0 Å². The Labute approximate surface area is 113 Å². The molecule has 1 aliphatic heterocycles. The zero-order valence-corrected chi connectivity index (χ0v) is 12.9. The molecule has 108 valence electrons. The van der Waals surface area contributed by atoms with Crippen molar-refractivity contribution in [2.75, 3.05) is 26.2 Å². The van der Waals surface area contributed by atoms with Crippen molar-refractivity contribution in [3.05, 3.63) is 0 Å². The van der Waals surface area contributed by atoms with Gasteiger partial charge in [-0.05, 0) is 32.7 Å². The van der Waals surface area contributed by atoms with Gasteiger partial charge in [-0.3, -0.25) is 4.90 Å². The molecule has 3 heteroatoms. The molecule has 0 aromatic rings. The summed E-state index contributed by atoms with van der Waals surface area (Å²) in [7, 11) is 0. The molecule has 0 bridgehead atoms. The average molecular weight is 256 g/mol. The van der Waals surface area contributed by atoms with Gasteiger partial charge in [0, 0.05) is 25.2 Å². The van der Waals surface area contributed by atoms with E-state index in [1.165, 1.54) is 12.8 Å². The molecule has 0 aromatic heterocycles. The van der Waals surface area contributed by atoms with Crippen molar-refractivity contribution in [1.82, 2.24) is 10.2 Å². The number of nitrogens with zero attached hydrogens (tertiary/aromatic N) is 1. The normalized spacial score (nSPS) is 27.7. The predicted octanol–water partition coefficient (Wildman–Crippen LogP) is 2.51. The van der Waals surface area contributed by atoms with Crippen LogP contribution in [0.2, 0.25) is 0 Å². The summed E-state index contributed by atoms with van der Waals surface area (Å²) in [6.07, 6.45) is 2.92. The Hall–Kier alpha value is -0.120. The van der Waals surface area contributed by atoms with E-state index in [9.17, 15) is 0 Å². The Morgan fingerprint density at radius 3 is 2.61 bits per heavy atom. The van der Waals surface area contributed by atoms with Crippen molar-refractivity contribution < 1.29 is 4.74 Å². The maximum atomic E-state index is 5.73. The van der Waals surface area contributed by atoms with Gasteiger partial charge in [0.2, 0.25) is 0 Å². The molecule has 0 aromatic carbocycles. The molecule has 3 nitrogen and oxygen atoms in total. The molecule has 3 unspecified atom stereocenters. The second-order valence-electron chi connectivity index (χ2n) is 6.18. The highest BCUT2D eigenvalue weighted by Gasteiger charge is 2.28. The van der Waals surface area contributed by atoms with Crippen molar-refractivity contribution in [1.29, 1.82) is 0 Å². The van der Waals surface area contributed by atoms with Gasteiger partial charge in [-0.2, -0.15) is 0 Å². The van der Waals surface area contributed by atoms with Gasteiger partial charge in [-0.15, -0.1) is 0 Å². The molecule has 0 amide bonds. The highest BCUT2D eigenvalue weighted by atomic mass is 16.5. The van der Waals surface area contributed by atoms with Crippen molar-refractivity contribution in [3.8, 4) is 0 Å². The number of hydrogen-bond acceptors (Lipinski definition) is 3. The van der Waals surface area contributed by atoms with E-state index in [1.807, 2.05) is 0 Å². The lowest BCUT2D eigenvalue weighted by Gasteiger charge is -2.42. The molecule has 18 heavy (non-hydrogen) atoms. The van der Waals surface area contributed by atoms with E-state index in [-0.39, 0.29) is 0 Å². The first-order valence-corrected chi connectivity index (χ1v) is 7.62. The fourth-order valence-corrected chi connectivity index (χ4v) is 2.69. The number of morpholine rings is 1.